The number of rotatable bonds is 4. The molecule has 1 aromatic rings. The fourth-order valence-corrected chi connectivity index (χ4v) is 3.05. The first-order chi connectivity index (χ1) is 9.22. The third-order valence-electron chi connectivity index (χ3n) is 2.89. The van der Waals surface area contributed by atoms with Crippen molar-refractivity contribution in [3.05, 3.63) is 18.2 Å². The minimum Gasteiger partial charge on any atom is -0.486 e. The lowest BCUT2D eigenvalue weighted by atomic mass is 10.1. The number of benzene rings is 1. The zero-order valence-electron chi connectivity index (χ0n) is 11.3. The number of fused-ring (bicyclic) bond motifs is 1. The molecule has 110 valence electrons. The third-order valence-corrected chi connectivity index (χ3v) is 4.54. The Hall–Kier alpha value is -1.80. The van der Waals surface area contributed by atoms with E-state index in [1.165, 1.54) is 26.0 Å². The molecular formula is C12H17N3O4S. The molecule has 0 saturated heterocycles. The van der Waals surface area contributed by atoms with Gasteiger partial charge in [-0.25, -0.2) is 8.42 Å². The zero-order chi connectivity index (χ0) is 15.0. The summed E-state index contributed by atoms with van der Waals surface area (Å²) in [5.74, 6) is 0.638. The van der Waals surface area contributed by atoms with Crippen LogP contribution in [0.1, 0.15) is 13.8 Å². The SMILES string of the molecule is CC(C)(NS(=O)(=O)c1ccc2c(c1)OCCO2)C(=N)N. The van der Waals surface area contributed by atoms with Gasteiger partial charge in [-0.3, -0.25) is 5.41 Å². The molecule has 1 aromatic carbocycles. The summed E-state index contributed by atoms with van der Waals surface area (Å²) in [6, 6.07) is 4.36. The molecule has 2 rings (SSSR count). The maximum Gasteiger partial charge on any atom is 0.241 e. The third kappa shape index (κ3) is 2.86. The van der Waals surface area contributed by atoms with Crippen molar-refractivity contribution in [2.24, 2.45) is 5.73 Å². The summed E-state index contributed by atoms with van der Waals surface area (Å²) in [5.41, 5.74) is 4.22. The van der Waals surface area contributed by atoms with Crippen LogP contribution in [0.15, 0.2) is 23.1 Å². The molecule has 1 aliphatic rings. The van der Waals surface area contributed by atoms with Crippen molar-refractivity contribution in [1.29, 1.82) is 5.41 Å². The van der Waals surface area contributed by atoms with Crippen LogP contribution in [0, 0.1) is 5.41 Å². The standard InChI is InChI=1S/C12H17N3O4S/c1-12(2,11(13)14)15-20(16,17)8-3-4-9-10(7-8)19-6-5-18-9/h3-4,7,15H,5-6H2,1-2H3,(H3,13,14). The first kappa shape index (κ1) is 14.6. The van der Waals surface area contributed by atoms with Crippen molar-refractivity contribution in [2.75, 3.05) is 13.2 Å². The Bertz CT molecular complexity index is 640. The molecule has 0 radical (unpaired) electrons. The van der Waals surface area contributed by atoms with Gasteiger partial charge < -0.3 is 15.2 Å². The van der Waals surface area contributed by atoms with Gasteiger partial charge in [0.1, 0.15) is 19.0 Å². The van der Waals surface area contributed by atoms with Crippen molar-refractivity contribution in [2.45, 2.75) is 24.3 Å². The van der Waals surface area contributed by atoms with E-state index in [1.54, 1.807) is 6.07 Å². The highest BCUT2D eigenvalue weighted by Gasteiger charge is 2.29. The van der Waals surface area contributed by atoms with Crippen molar-refractivity contribution >= 4 is 15.9 Å². The summed E-state index contributed by atoms with van der Waals surface area (Å²) < 4.78 is 37.6. The normalized spacial score (nSPS) is 14.9. The van der Waals surface area contributed by atoms with Crippen LogP contribution >= 0.6 is 0 Å². The predicted octanol–water partition coefficient (Wildman–Crippen LogP) is 0.451. The van der Waals surface area contributed by atoms with Gasteiger partial charge in [-0.15, -0.1) is 0 Å². The van der Waals surface area contributed by atoms with Gasteiger partial charge in [-0.2, -0.15) is 4.72 Å². The molecule has 0 bridgehead atoms. The molecule has 20 heavy (non-hydrogen) atoms. The van der Waals surface area contributed by atoms with Crippen LogP contribution in [0.25, 0.3) is 0 Å². The first-order valence-electron chi connectivity index (χ1n) is 6.00. The van der Waals surface area contributed by atoms with E-state index in [-0.39, 0.29) is 10.7 Å². The Morgan fingerprint density at radius 3 is 2.50 bits per heavy atom. The van der Waals surface area contributed by atoms with Crippen LogP contribution < -0.4 is 19.9 Å². The van der Waals surface area contributed by atoms with Gasteiger partial charge in [0.15, 0.2) is 11.5 Å². The van der Waals surface area contributed by atoms with Gasteiger partial charge in [0.25, 0.3) is 0 Å². The Morgan fingerprint density at radius 1 is 1.30 bits per heavy atom. The lowest BCUT2D eigenvalue weighted by molar-refractivity contribution is 0.171. The Balaban J connectivity index is 2.33. The van der Waals surface area contributed by atoms with E-state index >= 15 is 0 Å². The molecule has 0 unspecified atom stereocenters. The van der Waals surface area contributed by atoms with Crippen LogP contribution in [0.3, 0.4) is 0 Å². The van der Waals surface area contributed by atoms with Gasteiger partial charge in [0.05, 0.1) is 10.4 Å². The highest BCUT2D eigenvalue weighted by atomic mass is 32.2. The molecule has 8 heteroatoms. The van der Waals surface area contributed by atoms with E-state index in [2.05, 4.69) is 4.72 Å². The van der Waals surface area contributed by atoms with Crippen LogP contribution in [-0.4, -0.2) is 33.0 Å². The number of hydrogen-bond donors (Lipinski definition) is 3. The maximum atomic E-state index is 12.3. The van der Waals surface area contributed by atoms with Crippen LogP contribution in [0.4, 0.5) is 0 Å². The Kier molecular flexibility index (Phi) is 3.61. The summed E-state index contributed by atoms with van der Waals surface area (Å²) in [5, 5.41) is 7.40. The zero-order valence-corrected chi connectivity index (χ0v) is 12.1. The second-order valence-electron chi connectivity index (χ2n) is 4.95. The molecule has 0 aromatic heterocycles. The molecule has 0 fully saturated rings. The molecule has 0 amide bonds. The molecule has 0 aliphatic carbocycles. The molecule has 0 spiro atoms. The number of nitrogens with one attached hydrogen (secondary N) is 2. The minimum atomic E-state index is -3.80. The molecule has 1 aliphatic heterocycles. The summed E-state index contributed by atoms with van der Waals surface area (Å²) in [7, 11) is -3.80. The highest BCUT2D eigenvalue weighted by Crippen LogP contribution is 2.32. The number of amidine groups is 1. The Morgan fingerprint density at radius 2 is 1.90 bits per heavy atom. The average molecular weight is 299 g/mol. The van der Waals surface area contributed by atoms with E-state index in [1.807, 2.05) is 0 Å². The topological polar surface area (TPSA) is 115 Å². The summed E-state index contributed by atoms with van der Waals surface area (Å²) in [6.07, 6.45) is 0. The molecule has 4 N–H and O–H groups in total. The fraction of sp³-hybridized carbons (Fsp3) is 0.417. The average Bonchev–Trinajstić information content (AvgIpc) is 2.36. The van der Waals surface area contributed by atoms with Crippen LogP contribution in [-0.2, 0) is 10.0 Å². The highest BCUT2D eigenvalue weighted by molar-refractivity contribution is 7.89. The van der Waals surface area contributed by atoms with E-state index in [4.69, 9.17) is 20.6 Å². The number of nitrogens with two attached hydrogens (primary N) is 1. The van der Waals surface area contributed by atoms with Gasteiger partial charge in [-0.1, -0.05) is 0 Å². The van der Waals surface area contributed by atoms with E-state index in [9.17, 15) is 8.42 Å². The van der Waals surface area contributed by atoms with Crippen molar-refractivity contribution < 1.29 is 17.9 Å². The Labute approximate surface area is 117 Å². The monoisotopic (exact) mass is 299 g/mol. The molecule has 7 nitrogen and oxygen atoms in total. The fourth-order valence-electron chi connectivity index (χ4n) is 1.64. The molecular weight excluding hydrogens is 282 g/mol. The van der Waals surface area contributed by atoms with Crippen molar-refractivity contribution in [3.63, 3.8) is 0 Å². The van der Waals surface area contributed by atoms with Gasteiger partial charge in [0, 0.05) is 6.07 Å². The van der Waals surface area contributed by atoms with Gasteiger partial charge in [-0.05, 0) is 26.0 Å². The van der Waals surface area contributed by atoms with Crippen molar-refractivity contribution in [1.82, 2.24) is 4.72 Å². The summed E-state index contributed by atoms with van der Waals surface area (Å²) in [4.78, 5) is 0.0380. The summed E-state index contributed by atoms with van der Waals surface area (Å²) in [6.45, 7) is 3.85. The maximum absolute atomic E-state index is 12.3. The first-order valence-corrected chi connectivity index (χ1v) is 7.49. The van der Waals surface area contributed by atoms with Crippen molar-refractivity contribution in [3.8, 4) is 11.5 Å². The van der Waals surface area contributed by atoms with E-state index in [0.717, 1.165) is 0 Å². The molecule has 1 heterocycles. The minimum absolute atomic E-state index is 0.0380. The quantitative estimate of drug-likeness (QED) is 0.551. The smallest absolute Gasteiger partial charge is 0.241 e. The van der Waals surface area contributed by atoms with Crippen LogP contribution in [0.5, 0.6) is 11.5 Å². The molecule has 0 atom stereocenters. The lowest BCUT2D eigenvalue weighted by Crippen LogP contribution is -2.52. The van der Waals surface area contributed by atoms with Crippen LogP contribution in [0.2, 0.25) is 0 Å². The number of hydrogen-bond acceptors (Lipinski definition) is 5. The number of ether oxygens (including phenoxy) is 2. The van der Waals surface area contributed by atoms with E-state index < -0.39 is 15.6 Å². The predicted molar refractivity (Wildman–Crippen MR) is 73.7 cm³/mol. The molecule has 0 saturated carbocycles. The largest absolute Gasteiger partial charge is 0.486 e. The van der Waals surface area contributed by atoms with Gasteiger partial charge >= 0.3 is 0 Å². The summed E-state index contributed by atoms with van der Waals surface area (Å²) >= 11 is 0. The lowest BCUT2D eigenvalue weighted by Gasteiger charge is -2.25. The second kappa shape index (κ2) is 4.95. The second-order valence-corrected chi connectivity index (χ2v) is 6.63. The van der Waals surface area contributed by atoms with Gasteiger partial charge in [0.2, 0.25) is 10.0 Å². The van der Waals surface area contributed by atoms with E-state index in [0.29, 0.717) is 24.7 Å². The number of sulfonamides is 1.